The van der Waals surface area contributed by atoms with Crippen LogP contribution in [0.3, 0.4) is 0 Å². The zero-order chi connectivity index (χ0) is 6.08. The molecule has 0 heterocycles. The summed E-state index contributed by atoms with van der Waals surface area (Å²) in [6.45, 7) is 0. The van der Waals surface area contributed by atoms with Gasteiger partial charge < -0.3 is 0 Å². The number of hydrogen-bond acceptors (Lipinski definition) is 0. The second kappa shape index (κ2) is 2.05. The first kappa shape index (κ1) is 7.31. The molecule has 0 amide bonds. The van der Waals surface area contributed by atoms with E-state index in [-0.39, 0.29) is 0 Å². The fraction of sp³-hybridized carbons (Fsp3) is 1.00. The van der Waals surface area contributed by atoms with Gasteiger partial charge in [-0.1, -0.05) is 0 Å². The summed E-state index contributed by atoms with van der Waals surface area (Å²) in [4.78, 5) is 0. The molecule has 0 atom stereocenters. The molecule has 0 aromatic carbocycles. The zero-order valence-electron chi connectivity index (χ0n) is 4.04. The van der Waals surface area contributed by atoms with E-state index in [4.69, 9.17) is 0 Å². The van der Waals surface area contributed by atoms with Crippen molar-refractivity contribution in [1.82, 2.24) is 0 Å². The molecule has 0 aliphatic rings. The van der Waals surface area contributed by atoms with Gasteiger partial charge in [-0.25, -0.2) is 0 Å². The van der Waals surface area contributed by atoms with E-state index in [0.29, 0.717) is 0 Å². The summed E-state index contributed by atoms with van der Waals surface area (Å²) in [5.41, 5.74) is 0. The molecule has 4 heteroatoms. The Labute approximate surface area is 44.6 Å². The Bertz CT molecular complexity index is 55.7. The molecule has 0 unspecified atom stereocenters. The summed E-state index contributed by atoms with van der Waals surface area (Å²) in [6, 6.07) is 0. The molecule has 0 fully saturated rings. The van der Waals surface area contributed by atoms with Gasteiger partial charge in [-0.15, -0.1) is 0 Å². The van der Waals surface area contributed by atoms with Gasteiger partial charge in [0.2, 0.25) is 0 Å². The number of rotatable bonds is 0. The summed E-state index contributed by atoms with van der Waals surface area (Å²) in [5.74, 6) is 2.50. The predicted octanol–water partition coefficient (Wildman–Crippen LogP) is 1.84. The monoisotopic (exact) mass is 179 g/mol. The van der Waals surface area contributed by atoms with E-state index in [0.717, 1.165) is 0 Å². The van der Waals surface area contributed by atoms with Gasteiger partial charge in [0.05, 0.1) is 0 Å². The van der Waals surface area contributed by atoms with Gasteiger partial charge in [-0.05, 0) is 0 Å². The van der Waals surface area contributed by atoms with Crippen LogP contribution in [0.15, 0.2) is 0 Å². The summed E-state index contributed by atoms with van der Waals surface area (Å²) >= 11 is -2.24. The van der Waals surface area contributed by atoms with Crippen molar-refractivity contribution in [3.8, 4) is 0 Å². The van der Waals surface area contributed by atoms with Crippen LogP contribution in [0.25, 0.3) is 0 Å². The Morgan fingerprint density at radius 2 is 1.29 bits per heavy atom. The third-order valence-corrected chi connectivity index (χ3v) is 2.41. The summed E-state index contributed by atoms with van der Waals surface area (Å²) < 4.78 is 33.7. The van der Waals surface area contributed by atoms with Gasteiger partial charge >= 0.3 is 43.8 Å². The molecule has 0 aliphatic heterocycles. The summed E-state index contributed by atoms with van der Waals surface area (Å²) in [7, 11) is 0. The van der Waals surface area contributed by atoms with Crippen LogP contribution < -0.4 is 0 Å². The minimum atomic E-state index is -3.88. The second-order valence-corrected chi connectivity index (χ2v) is 5.66. The van der Waals surface area contributed by atoms with Crippen molar-refractivity contribution >= 4 is 13.9 Å². The van der Waals surface area contributed by atoms with E-state index in [9.17, 15) is 13.2 Å². The number of halogens is 3. The molecule has 0 rings (SSSR count). The molecule has 0 saturated carbocycles. The fourth-order valence-corrected chi connectivity index (χ4v) is 0. The van der Waals surface area contributed by atoms with Crippen LogP contribution in [-0.4, -0.2) is 19.0 Å². The fourth-order valence-electron chi connectivity index (χ4n) is 0. The van der Waals surface area contributed by atoms with E-state index in [1.807, 2.05) is 0 Å². The quantitative estimate of drug-likeness (QED) is 0.496. The van der Waals surface area contributed by atoms with Gasteiger partial charge in [-0.3, -0.25) is 0 Å². The SMILES string of the molecule is C[Se](C)C(F)(F)F. The number of hydrogen-bond donors (Lipinski definition) is 0. The summed E-state index contributed by atoms with van der Waals surface area (Å²) in [5, 5.41) is -3.88. The number of alkyl halides is 3. The molecule has 0 aliphatic carbocycles. The summed E-state index contributed by atoms with van der Waals surface area (Å²) in [6.07, 6.45) is 0. The molecule has 7 heavy (non-hydrogen) atoms. The van der Waals surface area contributed by atoms with E-state index in [1.54, 1.807) is 0 Å². The third-order valence-electron chi connectivity index (χ3n) is 0.463. The van der Waals surface area contributed by atoms with Crippen LogP contribution >= 0.6 is 0 Å². The van der Waals surface area contributed by atoms with Gasteiger partial charge in [0.15, 0.2) is 0 Å². The van der Waals surface area contributed by atoms with Crippen LogP contribution in [0.1, 0.15) is 0 Å². The first-order valence-corrected chi connectivity index (χ1v) is 5.87. The maximum absolute atomic E-state index is 11.2. The van der Waals surface area contributed by atoms with Crippen LogP contribution in [-0.2, 0) is 0 Å². The van der Waals surface area contributed by atoms with E-state index in [1.165, 1.54) is 11.6 Å². The van der Waals surface area contributed by atoms with Crippen LogP contribution in [0.2, 0.25) is 11.6 Å². The van der Waals surface area contributed by atoms with Gasteiger partial charge in [-0.2, -0.15) is 0 Å². The van der Waals surface area contributed by atoms with Crippen LogP contribution in [0.4, 0.5) is 13.2 Å². The molecule has 0 N–H and O–H groups in total. The van der Waals surface area contributed by atoms with E-state index in [2.05, 4.69) is 0 Å². The van der Waals surface area contributed by atoms with E-state index >= 15 is 0 Å². The first-order valence-electron chi connectivity index (χ1n) is 1.59. The van der Waals surface area contributed by atoms with Gasteiger partial charge in [0, 0.05) is 0 Å². The molecule has 0 bridgehead atoms. The van der Waals surface area contributed by atoms with E-state index < -0.39 is 19.0 Å². The third kappa shape index (κ3) is 2.94. The Hall–Kier alpha value is 0.309. The predicted molar refractivity (Wildman–Crippen MR) is 23.5 cm³/mol. The maximum atomic E-state index is 11.2. The Morgan fingerprint density at radius 3 is 1.29 bits per heavy atom. The molecule has 0 aromatic rings. The van der Waals surface area contributed by atoms with Crippen molar-refractivity contribution in [2.45, 2.75) is 16.7 Å². The molecular formula is C3H6F3Se. The van der Waals surface area contributed by atoms with Crippen LogP contribution in [0.5, 0.6) is 0 Å². The van der Waals surface area contributed by atoms with Gasteiger partial charge in [0.25, 0.3) is 0 Å². The average Bonchev–Trinajstić information content (AvgIpc) is 1.31. The molecule has 1 radical (unpaired) electrons. The molecule has 0 saturated heterocycles. The van der Waals surface area contributed by atoms with Crippen molar-refractivity contribution in [2.24, 2.45) is 0 Å². The Morgan fingerprint density at radius 1 is 1.14 bits per heavy atom. The minimum absolute atomic E-state index is 1.25. The van der Waals surface area contributed by atoms with Crippen molar-refractivity contribution in [1.29, 1.82) is 0 Å². The normalized spacial score (nSPS) is 12.9. The second-order valence-electron chi connectivity index (χ2n) is 1.26. The van der Waals surface area contributed by atoms with Crippen molar-refractivity contribution < 1.29 is 13.2 Å². The van der Waals surface area contributed by atoms with Crippen LogP contribution in [0, 0.1) is 0 Å². The Balaban J connectivity index is 3.54. The average molecular weight is 178 g/mol. The van der Waals surface area contributed by atoms with Gasteiger partial charge in [0.1, 0.15) is 0 Å². The molecule has 0 aromatic heterocycles. The van der Waals surface area contributed by atoms with Crippen molar-refractivity contribution in [3.63, 3.8) is 0 Å². The molecule has 0 spiro atoms. The molecule has 45 valence electrons. The topological polar surface area (TPSA) is 0 Å². The standard InChI is InChI=1S/C3H6F3Se/c1-7(2)3(4,5)6/h1-2H3. The molecule has 0 nitrogen and oxygen atoms in total. The Kier molecular flexibility index (Phi) is 2.14. The van der Waals surface area contributed by atoms with Crippen molar-refractivity contribution in [3.05, 3.63) is 0 Å². The molecular weight excluding hydrogens is 172 g/mol. The van der Waals surface area contributed by atoms with Crippen molar-refractivity contribution in [2.75, 3.05) is 0 Å². The zero-order valence-corrected chi connectivity index (χ0v) is 5.76. The first-order chi connectivity index (χ1) is 2.94.